The van der Waals surface area contributed by atoms with E-state index in [1.807, 2.05) is 4.90 Å². The molecule has 0 aliphatic carbocycles. The Hall–Kier alpha value is -3.17. The summed E-state index contributed by atoms with van der Waals surface area (Å²) >= 11 is 0. The highest BCUT2D eigenvalue weighted by Crippen LogP contribution is 2.29. The number of piperazine rings is 1. The summed E-state index contributed by atoms with van der Waals surface area (Å²) in [6.45, 7) is 2.33. The number of hydrogen-bond acceptors (Lipinski definition) is 5. The van der Waals surface area contributed by atoms with Gasteiger partial charge in [-0.1, -0.05) is 0 Å². The smallest absolute Gasteiger partial charge is 0.342 e. The van der Waals surface area contributed by atoms with Crippen molar-refractivity contribution < 1.29 is 22.8 Å². The van der Waals surface area contributed by atoms with E-state index in [1.54, 1.807) is 4.90 Å². The first-order valence-electron chi connectivity index (χ1n) is 8.12. The fraction of sp³-hybridized carbons (Fsp3) is 0.294. The van der Waals surface area contributed by atoms with Crippen LogP contribution < -0.4 is 10.2 Å². The van der Waals surface area contributed by atoms with Crippen LogP contribution in [0.4, 0.5) is 24.8 Å². The Morgan fingerprint density at radius 3 is 2.15 bits per heavy atom. The highest BCUT2D eigenvalue weighted by molar-refractivity contribution is 6.03. The summed E-state index contributed by atoms with van der Waals surface area (Å²) in [5.74, 6) is -0.0706. The fourth-order valence-electron chi connectivity index (χ4n) is 2.57. The monoisotopic (exact) mass is 379 g/mol. The predicted molar refractivity (Wildman–Crippen MR) is 91.3 cm³/mol. The van der Waals surface area contributed by atoms with Crippen molar-refractivity contribution in [3.8, 4) is 0 Å². The number of alkyl halides is 3. The average Bonchev–Trinajstić information content (AvgIpc) is 2.68. The van der Waals surface area contributed by atoms with Gasteiger partial charge in [-0.15, -0.1) is 0 Å². The van der Waals surface area contributed by atoms with E-state index in [-0.39, 0.29) is 11.3 Å². The zero-order valence-electron chi connectivity index (χ0n) is 14.1. The molecule has 1 aliphatic heterocycles. The van der Waals surface area contributed by atoms with Crippen molar-refractivity contribution in [2.45, 2.75) is 6.18 Å². The van der Waals surface area contributed by atoms with Gasteiger partial charge in [0, 0.05) is 44.3 Å². The summed E-state index contributed by atoms with van der Waals surface area (Å²) in [6, 6.07) is 4.16. The number of anilines is 2. The fourth-order valence-corrected chi connectivity index (χ4v) is 2.57. The van der Waals surface area contributed by atoms with E-state index in [9.17, 15) is 22.8 Å². The van der Waals surface area contributed by atoms with Crippen molar-refractivity contribution in [3.63, 3.8) is 0 Å². The number of hydrogen-bond donors (Lipinski definition) is 1. The van der Waals surface area contributed by atoms with Crippen molar-refractivity contribution in [2.24, 2.45) is 0 Å². The van der Waals surface area contributed by atoms with Crippen LogP contribution in [0.3, 0.4) is 0 Å². The molecule has 0 unspecified atom stereocenters. The van der Waals surface area contributed by atoms with Gasteiger partial charge < -0.3 is 15.1 Å². The largest absolute Gasteiger partial charge is 0.416 e. The Balaban J connectivity index is 1.61. The molecule has 3 rings (SSSR count). The zero-order valence-corrected chi connectivity index (χ0v) is 14.1. The molecule has 7 nitrogen and oxygen atoms in total. The van der Waals surface area contributed by atoms with E-state index in [1.165, 1.54) is 24.5 Å². The lowest BCUT2D eigenvalue weighted by molar-refractivity contribution is -0.137. The molecule has 10 heteroatoms. The second-order valence-corrected chi connectivity index (χ2v) is 5.93. The van der Waals surface area contributed by atoms with E-state index in [0.717, 1.165) is 18.5 Å². The minimum absolute atomic E-state index is 0.185. The average molecular weight is 379 g/mol. The van der Waals surface area contributed by atoms with Gasteiger partial charge in [0.2, 0.25) is 12.4 Å². The van der Waals surface area contributed by atoms with Crippen molar-refractivity contribution >= 4 is 24.0 Å². The van der Waals surface area contributed by atoms with Gasteiger partial charge in [-0.05, 0) is 24.3 Å². The molecule has 2 heterocycles. The third-order valence-corrected chi connectivity index (χ3v) is 4.12. The van der Waals surface area contributed by atoms with Crippen LogP contribution in [0.2, 0.25) is 0 Å². The topological polar surface area (TPSA) is 78.4 Å². The number of carbonyl (C=O) groups is 2. The Bertz CT molecular complexity index is 801. The zero-order chi connectivity index (χ0) is 19.4. The Morgan fingerprint density at radius 1 is 1.04 bits per heavy atom. The molecule has 142 valence electrons. The van der Waals surface area contributed by atoms with E-state index in [4.69, 9.17) is 0 Å². The van der Waals surface area contributed by atoms with Gasteiger partial charge in [-0.2, -0.15) is 13.2 Å². The van der Waals surface area contributed by atoms with Gasteiger partial charge in [-0.3, -0.25) is 9.59 Å². The number of nitrogens with zero attached hydrogens (tertiary/aromatic N) is 4. The molecule has 0 bridgehead atoms. The Morgan fingerprint density at radius 2 is 1.63 bits per heavy atom. The number of aromatic nitrogens is 2. The van der Waals surface area contributed by atoms with Crippen molar-refractivity contribution in [1.82, 2.24) is 14.9 Å². The second kappa shape index (κ2) is 7.60. The maximum Gasteiger partial charge on any atom is 0.416 e. The number of halogens is 3. The molecule has 1 aliphatic rings. The number of amides is 2. The van der Waals surface area contributed by atoms with E-state index < -0.39 is 17.6 Å². The first-order valence-corrected chi connectivity index (χ1v) is 8.12. The molecule has 0 radical (unpaired) electrons. The summed E-state index contributed by atoms with van der Waals surface area (Å²) < 4.78 is 37.7. The summed E-state index contributed by atoms with van der Waals surface area (Å²) in [5.41, 5.74) is -0.366. The third-order valence-electron chi connectivity index (χ3n) is 4.12. The van der Waals surface area contributed by atoms with E-state index in [0.29, 0.717) is 32.1 Å². The van der Waals surface area contributed by atoms with Crippen LogP contribution in [0.5, 0.6) is 0 Å². The molecule has 0 atom stereocenters. The SMILES string of the molecule is O=CN1CCN(c2ncc(C(=O)Nc3ccc(C(F)(F)F)cc3)cn2)CC1. The van der Waals surface area contributed by atoms with Crippen LogP contribution in [0.25, 0.3) is 0 Å². The van der Waals surface area contributed by atoms with Gasteiger partial charge in [0.1, 0.15) is 0 Å². The summed E-state index contributed by atoms with van der Waals surface area (Å²) in [5, 5.41) is 2.50. The highest BCUT2D eigenvalue weighted by atomic mass is 19.4. The molecule has 0 saturated carbocycles. The van der Waals surface area contributed by atoms with Gasteiger partial charge in [0.15, 0.2) is 0 Å². The van der Waals surface area contributed by atoms with Gasteiger partial charge in [0.25, 0.3) is 5.91 Å². The quantitative estimate of drug-likeness (QED) is 0.823. The van der Waals surface area contributed by atoms with Crippen molar-refractivity contribution in [3.05, 3.63) is 47.8 Å². The van der Waals surface area contributed by atoms with Crippen LogP contribution in [0.1, 0.15) is 15.9 Å². The Labute approximate surface area is 152 Å². The normalized spacial score (nSPS) is 14.8. The lowest BCUT2D eigenvalue weighted by Gasteiger charge is -2.32. The number of benzene rings is 1. The minimum Gasteiger partial charge on any atom is -0.342 e. The molecule has 1 aromatic carbocycles. The lowest BCUT2D eigenvalue weighted by atomic mass is 10.2. The first kappa shape index (κ1) is 18.6. The van der Waals surface area contributed by atoms with Crippen molar-refractivity contribution in [2.75, 3.05) is 36.4 Å². The highest BCUT2D eigenvalue weighted by Gasteiger charge is 2.30. The van der Waals surface area contributed by atoms with Crippen LogP contribution in [-0.4, -0.2) is 53.4 Å². The molecule has 1 fully saturated rings. The molecule has 1 N–H and O–H groups in total. The maximum atomic E-state index is 12.6. The van der Waals surface area contributed by atoms with Crippen LogP contribution in [0.15, 0.2) is 36.7 Å². The molecule has 1 aromatic heterocycles. The van der Waals surface area contributed by atoms with E-state index >= 15 is 0 Å². The molecule has 2 aromatic rings. The standard InChI is InChI=1S/C17H16F3N5O2/c18-17(19,20)13-1-3-14(4-2-13)23-15(27)12-9-21-16(22-10-12)25-7-5-24(11-26)6-8-25/h1-4,9-11H,5-8H2,(H,23,27). The molecular weight excluding hydrogens is 363 g/mol. The summed E-state index contributed by atoms with van der Waals surface area (Å²) in [6.07, 6.45) is -0.919. The molecule has 0 spiro atoms. The molecule has 2 amide bonds. The predicted octanol–water partition coefficient (Wildman–Crippen LogP) is 2.03. The van der Waals surface area contributed by atoms with Crippen LogP contribution in [-0.2, 0) is 11.0 Å². The maximum absolute atomic E-state index is 12.6. The first-order chi connectivity index (χ1) is 12.9. The third kappa shape index (κ3) is 4.52. The van der Waals surface area contributed by atoms with Crippen molar-refractivity contribution in [1.29, 1.82) is 0 Å². The Kier molecular flexibility index (Phi) is 5.24. The van der Waals surface area contributed by atoms with Crippen LogP contribution >= 0.6 is 0 Å². The minimum atomic E-state index is -4.43. The number of rotatable bonds is 4. The second-order valence-electron chi connectivity index (χ2n) is 5.93. The molecule has 1 saturated heterocycles. The van der Waals surface area contributed by atoms with Crippen LogP contribution in [0, 0.1) is 0 Å². The van der Waals surface area contributed by atoms with Gasteiger partial charge in [0.05, 0.1) is 11.1 Å². The number of carbonyl (C=O) groups excluding carboxylic acids is 2. The van der Waals surface area contributed by atoms with Gasteiger partial charge in [-0.25, -0.2) is 9.97 Å². The summed E-state index contributed by atoms with van der Waals surface area (Å²) in [7, 11) is 0. The molecular formula is C17H16F3N5O2. The summed E-state index contributed by atoms with van der Waals surface area (Å²) in [4.78, 5) is 34.8. The lowest BCUT2D eigenvalue weighted by Crippen LogP contribution is -2.46. The molecule has 27 heavy (non-hydrogen) atoms. The number of nitrogens with one attached hydrogen (secondary N) is 1. The van der Waals surface area contributed by atoms with E-state index in [2.05, 4.69) is 15.3 Å². The van der Waals surface area contributed by atoms with Gasteiger partial charge >= 0.3 is 6.18 Å².